The normalized spacial score (nSPS) is 11.1. The van der Waals surface area contributed by atoms with Gasteiger partial charge in [-0.25, -0.2) is 9.67 Å². The Kier molecular flexibility index (Phi) is 5.45. The minimum atomic E-state index is -0.358. The first-order valence-corrected chi connectivity index (χ1v) is 10.9. The molecule has 0 aliphatic heterocycles. The number of hydrogen-bond acceptors (Lipinski definition) is 5. The van der Waals surface area contributed by atoms with Crippen molar-refractivity contribution in [3.8, 4) is 11.3 Å². The Bertz CT molecular complexity index is 1380. The van der Waals surface area contributed by atoms with E-state index >= 15 is 0 Å². The van der Waals surface area contributed by atoms with Gasteiger partial charge in [-0.2, -0.15) is 5.10 Å². The van der Waals surface area contributed by atoms with Crippen molar-refractivity contribution >= 4 is 33.1 Å². The highest BCUT2D eigenvalue weighted by Crippen LogP contribution is 2.31. The van der Waals surface area contributed by atoms with Crippen LogP contribution in [0.4, 0.5) is 5.69 Å². The maximum absolute atomic E-state index is 13.0. The topological polar surface area (TPSA) is 76.9 Å². The molecule has 2 heterocycles. The Balaban J connectivity index is 1.76. The van der Waals surface area contributed by atoms with E-state index in [0.717, 1.165) is 43.2 Å². The molecule has 0 fully saturated rings. The third kappa shape index (κ3) is 4.14. The Hall–Kier alpha value is -3.32. The molecule has 0 spiro atoms. The van der Waals surface area contributed by atoms with Crippen LogP contribution >= 0.6 is 11.3 Å². The minimum absolute atomic E-state index is 0.184. The zero-order valence-electron chi connectivity index (χ0n) is 18.2. The first-order chi connectivity index (χ1) is 14.7. The summed E-state index contributed by atoms with van der Waals surface area (Å²) in [6, 6.07) is 11.9. The molecule has 158 valence electrons. The van der Waals surface area contributed by atoms with Gasteiger partial charge in [0.1, 0.15) is 12.2 Å². The van der Waals surface area contributed by atoms with Crippen LogP contribution in [-0.4, -0.2) is 20.7 Å². The highest BCUT2D eigenvalue weighted by Gasteiger charge is 2.19. The third-order valence-electron chi connectivity index (χ3n) is 5.19. The molecular formula is C24H24N4O2S. The standard InChI is InChI=1S/C24H24N4O2S/c1-13-6-8-18(15(3)10-13)21-23-22(25-17(5)31-23)24(30)28(27-21)12-20(29)26-19-9-7-14(2)11-16(19)4/h6-11H,12H2,1-5H3,(H,26,29). The second-order valence-corrected chi connectivity index (χ2v) is 9.11. The highest BCUT2D eigenvalue weighted by molar-refractivity contribution is 7.19. The predicted octanol–water partition coefficient (Wildman–Crippen LogP) is 4.70. The van der Waals surface area contributed by atoms with Gasteiger partial charge >= 0.3 is 0 Å². The Labute approximate surface area is 184 Å². The van der Waals surface area contributed by atoms with Crippen LogP contribution < -0.4 is 10.9 Å². The lowest BCUT2D eigenvalue weighted by atomic mass is 10.0. The molecule has 0 bridgehead atoms. The first-order valence-electron chi connectivity index (χ1n) is 10.1. The van der Waals surface area contributed by atoms with Gasteiger partial charge in [-0.3, -0.25) is 9.59 Å². The zero-order valence-corrected chi connectivity index (χ0v) is 19.1. The van der Waals surface area contributed by atoms with Gasteiger partial charge < -0.3 is 5.32 Å². The van der Waals surface area contributed by atoms with Gasteiger partial charge in [0.15, 0.2) is 5.52 Å². The summed E-state index contributed by atoms with van der Waals surface area (Å²) < 4.78 is 1.97. The molecule has 1 amide bonds. The quantitative estimate of drug-likeness (QED) is 0.507. The smallest absolute Gasteiger partial charge is 0.294 e. The van der Waals surface area contributed by atoms with E-state index in [9.17, 15) is 9.59 Å². The van der Waals surface area contributed by atoms with E-state index in [0.29, 0.717) is 11.2 Å². The number of nitrogens with one attached hydrogen (secondary N) is 1. The number of fused-ring (bicyclic) bond motifs is 1. The van der Waals surface area contributed by atoms with E-state index < -0.39 is 0 Å². The van der Waals surface area contributed by atoms with Crippen LogP contribution in [0.3, 0.4) is 0 Å². The molecule has 6 nitrogen and oxygen atoms in total. The number of rotatable bonds is 4. The average molecular weight is 433 g/mol. The molecule has 1 N–H and O–H groups in total. The van der Waals surface area contributed by atoms with Gasteiger partial charge in [0.2, 0.25) is 5.91 Å². The number of hydrogen-bond donors (Lipinski definition) is 1. The van der Waals surface area contributed by atoms with Gasteiger partial charge in [-0.1, -0.05) is 41.5 Å². The molecule has 2 aromatic carbocycles. The molecule has 0 aliphatic rings. The monoisotopic (exact) mass is 432 g/mol. The van der Waals surface area contributed by atoms with Crippen LogP contribution in [0.15, 0.2) is 41.2 Å². The lowest BCUT2D eigenvalue weighted by Crippen LogP contribution is -2.30. The molecule has 4 aromatic rings. The summed E-state index contributed by atoms with van der Waals surface area (Å²) in [6.07, 6.45) is 0. The molecule has 0 unspecified atom stereocenters. The van der Waals surface area contributed by atoms with Crippen molar-refractivity contribution in [1.29, 1.82) is 0 Å². The molecule has 0 aliphatic carbocycles. The number of benzene rings is 2. The molecule has 7 heteroatoms. The van der Waals surface area contributed by atoms with E-state index in [1.165, 1.54) is 16.0 Å². The number of carbonyl (C=O) groups excluding carboxylic acids is 1. The number of nitrogens with zero attached hydrogens (tertiary/aromatic N) is 3. The Morgan fingerprint density at radius 2 is 1.68 bits per heavy atom. The van der Waals surface area contributed by atoms with Crippen LogP contribution in [0.25, 0.3) is 21.5 Å². The minimum Gasteiger partial charge on any atom is -0.324 e. The van der Waals surface area contributed by atoms with E-state index in [2.05, 4.69) is 21.5 Å². The second-order valence-electron chi connectivity index (χ2n) is 7.91. The molecule has 0 saturated heterocycles. The fourth-order valence-corrected chi connectivity index (χ4v) is 4.62. The molecule has 2 aromatic heterocycles. The van der Waals surface area contributed by atoms with Crippen molar-refractivity contribution in [3.05, 3.63) is 74.0 Å². The lowest BCUT2D eigenvalue weighted by Gasteiger charge is -2.12. The van der Waals surface area contributed by atoms with Crippen LogP contribution in [-0.2, 0) is 11.3 Å². The van der Waals surface area contributed by atoms with Crippen LogP contribution in [0.1, 0.15) is 27.3 Å². The first kappa shape index (κ1) is 20.9. The number of aryl methyl sites for hydroxylation is 5. The summed E-state index contributed by atoms with van der Waals surface area (Å²) in [5.74, 6) is -0.306. The summed E-state index contributed by atoms with van der Waals surface area (Å²) in [6.45, 7) is 9.68. The number of carbonyl (C=O) groups is 1. The molecule has 31 heavy (non-hydrogen) atoms. The van der Waals surface area contributed by atoms with E-state index in [-0.39, 0.29) is 18.0 Å². The lowest BCUT2D eigenvalue weighted by molar-refractivity contribution is -0.117. The molecule has 0 atom stereocenters. The molecule has 0 saturated carbocycles. The van der Waals surface area contributed by atoms with Gasteiger partial charge in [-0.05, 0) is 51.8 Å². The van der Waals surface area contributed by atoms with Gasteiger partial charge in [-0.15, -0.1) is 11.3 Å². The van der Waals surface area contributed by atoms with Crippen molar-refractivity contribution in [2.45, 2.75) is 41.2 Å². The van der Waals surface area contributed by atoms with Crippen LogP contribution in [0, 0.1) is 34.6 Å². The average Bonchev–Trinajstić information content (AvgIpc) is 3.09. The summed E-state index contributed by atoms with van der Waals surface area (Å²) in [5, 5.41) is 8.28. The van der Waals surface area contributed by atoms with Crippen molar-refractivity contribution in [2.24, 2.45) is 0 Å². The fourth-order valence-electron chi connectivity index (χ4n) is 3.71. The SMILES string of the molecule is Cc1ccc(NC(=O)Cn2nc(-c3ccc(C)cc3C)c3sc(C)nc3c2=O)c(C)c1. The van der Waals surface area contributed by atoms with Crippen LogP contribution in [0.2, 0.25) is 0 Å². The summed E-state index contributed by atoms with van der Waals surface area (Å²) in [7, 11) is 0. The third-order valence-corrected chi connectivity index (χ3v) is 6.17. The van der Waals surface area contributed by atoms with Gasteiger partial charge in [0.25, 0.3) is 5.56 Å². The van der Waals surface area contributed by atoms with Crippen molar-refractivity contribution in [1.82, 2.24) is 14.8 Å². The number of aromatic nitrogens is 3. The number of amides is 1. The second kappa shape index (κ2) is 8.07. The largest absolute Gasteiger partial charge is 0.324 e. The fraction of sp³-hybridized carbons (Fsp3) is 0.250. The predicted molar refractivity (Wildman–Crippen MR) is 126 cm³/mol. The van der Waals surface area contributed by atoms with Gasteiger partial charge in [0, 0.05) is 11.3 Å². The maximum Gasteiger partial charge on any atom is 0.294 e. The van der Waals surface area contributed by atoms with Gasteiger partial charge in [0.05, 0.1) is 9.71 Å². The summed E-state index contributed by atoms with van der Waals surface area (Å²) >= 11 is 1.45. The number of thiazole rings is 1. The summed E-state index contributed by atoms with van der Waals surface area (Å²) in [4.78, 5) is 30.2. The number of anilines is 1. The maximum atomic E-state index is 13.0. The van der Waals surface area contributed by atoms with Crippen molar-refractivity contribution in [2.75, 3.05) is 5.32 Å². The van der Waals surface area contributed by atoms with Crippen LogP contribution in [0.5, 0.6) is 0 Å². The zero-order chi connectivity index (χ0) is 22.3. The van der Waals surface area contributed by atoms with E-state index in [1.807, 2.05) is 65.0 Å². The highest BCUT2D eigenvalue weighted by atomic mass is 32.1. The van der Waals surface area contributed by atoms with E-state index in [4.69, 9.17) is 0 Å². The Morgan fingerprint density at radius 3 is 2.35 bits per heavy atom. The van der Waals surface area contributed by atoms with Crippen molar-refractivity contribution < 1.29 is 4.79 Å². The molecule has 4 rings (SSSR count). The van der Waals surface area contributed by atoms with Crippen molar-refractivity contribution in [3.63, 3.8) is 0 Å². The molecular weight excluding hydrogens is 408 g/mol. The molecule has 0 radical (unpaired) electrons. The summed E-state index contributed by atoms with van der Waals surface area (Å²) in [5.41, 5.74) is 6.63. The Morgan fingerprint density at radius 1 is 1.00 bits per heavy atom. The van der Waals surface area contributed by atoms with E-state index in [1.54, 1.807) is 0 Å².